The second-order valence-corrected chi connectivity index (χ2v) is 6.49. The van der Waals surface area contributed by atoms with E-state index in [2.05, 4.69) is 11.9 Å². The molecule has 0 aliphatic rings. The van der Waals surface area contributed by atoms with Gasteiger partial charge < -0.3 is 19.5 Å². The van der Waals surface area contributed by atoms with Crippen LogP contribution in [0.3, 0.4) is 0 Å². The van der Waals surface area contributed by atoms with E-state index >= 15 is 0 Å². The largest absolute Gasteiger partial charge is 0.493 e. The standard InChI is InChI=1S/C23H25NO6/c1-5-8-17-11-12-20(21(13-17)28-4)29-14-22(26)30-16(3)23(27)24-19-10-7-6-9-18(19)15(2)25/h5-7,9-13,16H,1,8,14H2,2-4H3,(H,24,27)/t16-/m0/s1. The van der Waals surface area contributed by atoms with Crippen molar-refractivity contribution < 1.29 is 28.6 Å². The molecule has 0 spiro atoms. The fourth-order valence-electron chi connectivity index (χ4n) is 2.68. The van der Waals surface area contributed by atoms with E-state index in [1.165, 1.54) is 21.0 Å². The van der Waals surface area contributed by atoms with Gasteiger partial charge in [-0.05, 0) is 50.1 Å². The topological polar surface area (TPSA) is 90.9 Å². The molecule has 0 aliphatic heterocycles. The maximum absolute atomic E-state index is 12.3. The molecule has 1 atom stereocenters. The summed E-state index contributed by atoms with van der Waals surface area (Å²) in [5, 5.41) is 2.60. The van der Waals surface area contributed by atoms with E-state index < -0.39 is 24.6 Å². The molecule has 0 fully saturated rings. The summed E-state index contributed by atoms with van der Waals surface area (Å²) < 4.78 is 15.9. The zero-order valence-corrected chi connectivity index (χ0v) is 17.3. The Labute approximate surface area is 175 Å². The van der Waals surface area contributed by atoms with E-state index in [1.54, 1.807) is 42.5 Å². The first-order chi connectivity index (χ1) is 14.3. The first kappa shape index (κ1) is 22.7. The highest BCUT2D eigenvalue weighted by Gasteiger charge is 2.20. The number of methoxy groups -OCH3 is 1. The van der Waals surface area contributed by atoms with Crippen LogP contribution < -0.4 is 14.8 Å². The Bertz CT molecular complexity index is 937. The highest BCUT2D eigenvalue weighted by atomic mass is 16.6. The van der Waals surface area contributed by atoms with Crippen molar-refractivity contribution in [3.05, 3.63) is 66.2 Å². The molecule has 0 radical (unpaired) electrons. The minimum absolute atomic E-state index is 0.183. The number of esters is 1. The van der Waals surface area contributed by atoms with Crippen LogP contribution in [0, 0.1) is 0 Å². The van der Waals surface area contributed by atoms with Crippen molar-refractivity contribution in [2.24, 2.45) is 0 Å². The summed E-state index contributed by atoms with van der Waals surface area (Å²) in [6.45, 7) is 6.15. The first-order valence-corrected chi connectivity index (χ1v) is 9.36. The van der Waals surface area contributed by atoms with Gasteiger partial charge in [0.1, 0.15) is 0 Å². The molecule has 0 saturated heterocycles. The number of rotatable bonds is 10. The number of allylic oxidation sites excluding steroid dienone is 1. The zero-order valence-electron chi connectivity index (χ0n) is 17.3. The lowest BCUT2D eigenvalue weighted by Crippen LogP contribution is -2.32. The number of ketones is 1. The first-order valence-electron chi connectivity index (χ1n) is 9.36. The minimum atomic E-state index is -1.07. The number of hydrogen-bond acceptors (Lipinski definition) is 6. The Balaban J connectivity index is 1.92. The molecule has 1 N–H and O–H groups in total. The van der Waals surface area contributed by atoms with Gasteiger partial charge in [-0.2, -0.15) is 0 Å². The Hall–Kier alpha value is -3.61. The summed E-state index contributed by atoms with van der Waals surface area (Å²) in [4.78, 5) is 36.1. The van der Waals surface area contributed by atoms with Crippen LogP contribution in [0.1, 0.15) is 29.8 Å². The van der Waals surface area contributed by atoms with Gasteiger partial charge in [-0.1, -0.05) is 24.3 Å². The van der Waals surface area contributed by atoms with Gasteiger partial charge in [0.2, 0.25) is 0 Å². The number of ether oxygens (including phenoxy) is 3. The highest BCUT2D eigenvalue weighted by molar-refractivity contribution is 6.04. The van der Waals surface area contributed by atoms with E-state index in [1.807, 2.05) is 6.07 Å². The summed E-state index contributed by atoms with van der Waals surface area (Å²) in [6, 6.07) is 11.9. The molecule has 2 aromatic rings. The monoisotopic (exact) mass is 411 g/mol. The summed E-state index contributed by atoms with van der Waals surface area (Å²) in [5.74, 6) is -0.585. The van der Waals surface area contributed by atoms with Gasteiger partial charge >= 0.3 is 5.97 Å². The lowest BCUT2D eigenvalue weighted by atomic mass is 10.1. The molecule has 2 rings (SSSR count). The van der Waals surface area contributed by atoms with Crippen molar-refractivity contribution in [2.75, 3.05) is 19.0 Å². The molecule has 1 amide bonds. The molecule has 7 heteroatoms. The molecule has 0 bridgehead atoms. The van der Waals surface area contributed by atoms with Gasteiger partial charge in [0.05, 0.1) is 12.8 Å². The Morgan fingerprint density at radius 2 is 1.87 bits per heavy atom. The Kier molecular flexibility index (Phi) is 8.17. The van der Waals surface area contributed by atoms with E-state index in [-0.39, 0.29) is 5.78 Å². The van der Waals surface area contributed by atoms with E-state index in [0.29, 0.717) is 29.2 Å². The fraction of sp³-hybridized carbons (Fsp3) is 0.261. The van der Waals surface area contributed by atoms with Gasteiger partial charge in [0, 0.05) is 5.56 Å². The maximum atomic E-state index is 12.3. The summed E-state index contributed by atoms with van der Waals surface area (Å²) in [5.41, 5.74) is 1.73. The molecular formula is C23H25NO6. The van der Waals surface area contributed by atoms with Gasteiger partial charge in [-0.3, -0.25) is 9.59 Å². The highest BCUT2D eigenvalue weighted by Crippen LogP contribution is 2.28. The predicted octanol–water partition coefficient (Wildman–Crippen LogP) is 3.58. The van der Waals surface area contributed by atoms with E-state index in [4.69, 9.17) is 14.2 Å². The maximum Gasteiger partial charge on any atom is 0.344 e. The third kappa shape index (κ3) is 6.20. The number of carbonyl (C=O) groups is 3. The van der Waals surface area contributed by atoms with Crippen LogP contribution in [0.15, 0.2) is 55.1 Å². The van der Waals surface area contributed by atoms with E-state index in [9.17, 15) is 14.4 Å². The van der Waals surface area contributed by atoms with Crippen molar-refractivity contribution in [3.8, 4) is 11.5 Å². The molecular weight excluding hydrogens is 386 g/mol. The number of Topliss-reactive ketones (excluding diaryl/α,β-unsaturated/α-hetero) is 1. The molecule has 0 aliphatic carbocycles. The van der Waals surface area contributed by atoms with Crippen LogP contribution in [-0.4, -0.2) is 37.5 Å². The molecule has 2 aromatic carbocycles. The third-order valence-corrected chi connectivity index (χ3v) is 4.20. The van der Waals surface area contributed by atoms with Crippen molar-refractivity contribution in [1.29, 1.82) is 0 Å². The Morgan fingerprint density at radius 3 is 2.53 bits per heavy atom. The lowest BCUT2D eigenvalue weighted by molar-refractivity contribution is -0.155. The van der Waals surface area contributed by atoms with Gasteiger partial charge in [0.25, 0.3) is 5.91 Å². The van der Waals surface area contributed by atoms with Crippen molar-refractivity contribution in [3.63, 3.8) is 0 Å². The lowest BCUT2D eigenvalue weighted by Gasteiger charge is -2.16. The average Bonchev–Trinajstić information content (AvgIpc) is 2.73. The molecule has 7 nitrogen and oxygen atoms in total. The van der Waals surface area contributed by atoms with E-state index in [0.717, 1.165) is 5.56 Å². The second kappa shape index (κ2) is 10.8. The SMILES string of the molecule is C=CCc1ccc(OCC(=O)O[C@@H](C)C(=O)Nc2ccccc2C(C)=O)c(OC)c1. The second-order valence-electron chi connectivity index (χ2n) is 6.49. The third-order valence-electron chi connectivity index (χ3n) is 4.20. The molecule has 0 aromatic heterocycles. The van der Waals surface area contributed by atoms with Gasteiger partial charge in [0.15, 0.2) is 30.0 Å². The molecule has 0 unspecified atom stereocenters. The molecule has 0 saturated carbocycles. The summed E-state index contributed by atoms with van der Waals surface area (Å²) >= 11 is 0. The number of amides is 1. The van der Waals surface area contributed by atoms with Crippen LogP contribution >= 0.6 is 0 Å². The van der Waals surface area contributed by atoms with Crippen LogP contribution in [0.4, 0.5) is 5.69 Å². The number of anilines is 1. The van der Waals surface area contributed by atoms with Gasteiger partial charge in [-0.25, -0.2) is 4.79 Å². The normalized spacial score (nSPS) is 11.2. The Morgan fingerprint density at radius 1 is 1.13 bits per heavy atom. The minimum Gasteiger partial charge on any atom is -0.493 e. The van der Waals surface area contributed by atoms with Crippen molar-refractivity contribution in [2.45, 2.75) is 26.4 Å². The molecule has 158 valence electrons. The van der Waals surface area contributed by atoms with Crippen LogP contribution in [0.5, 0.6) is 11.5 Å². The fourth-order valence-corrected chi connectivity index (χ4v) is 2.68. The number of nitrogens with one attached hydrogen (secondary N) is 1. The number of carbonyl (C=O) groups excluding carboxylic acids is 3. The zero-order chi connectivity index (χ0) is 22.1. The molecule has 30 heavy (non-hydrogen) atoms. The van der Waals surface area contributed by atoms with Crippen LogP contribution in [0.2, 0.25) is 0 Å². The number of hydrogen-bond donors (Lipinski definition) is 1. The smallest absolute Gasteiger partial charge is 0.344 e. The quantitative estimate of drug-likeness (QED) is 0.365. The summed E-state index contributed by atoms with van der Waals surface area (Å²) in [7, 11) is 1.50. The summed E-state index contributed by atoms with van der Waals surface area (Å²) in [6.07, 6.45) is 1.38. The van der Waals surface area contributed by atoms with Crippen LogP contribution in [0.25, 0.3) is 0 Å². The molecule has 0 heterocycles. The van der Waals surface area contributed by atoms with Crippen molar-refractivity contribution >= 4 is 23.3 Å². The van der Waals surface area contributed by atoms with Crippen LogP contribution in [-0.2, 0) is 20.7 Å². The number of para-hydroxylation sites is 1. The number of benzene rings is 2. The predicted molar refractivity (Wildman–Crippen MR) is 113 cm³/mol. The average molecular weight is 411 g/mol. The van der Waals surface area contributed by atoms with Gasteiger partial charge in [-0.15, -0.1) is 6.58 Å². The van der Waals surface area contributed by atoms with Crippen molar-refractivity contribution in [1.82, 2.24) is 0 Å².